The molecule has 13 heavy (non-hydrogen) atoms. The van der Waals surface area contributed by atoms with Gasteiger partial charge in [0.1, 0.15) is 5.75 Å². The highest BCUT2D eigenvalue weighted by Crippen LogP contribution is 2.08. The highest BCUT2D eigenvalue weighted by atomic mass is 16.3. The second kappa shape index (κ2) is 4.91. The first-order valence-corrected chi connectivity index (χ1v) is 4.04. The Bertz CT molecular complexity index is 357. The summed E-state index contributed by atoms with van der Waals surface area (Å²) in [6.07, 6.45) is 6.48. The van der Waals surface area contributed by atoms with Gasteiger partial charge in [0, 0.05) is 18.4 Å². The van der Waals surface area contributed by atoms with Crippen molar-refractivity contribution < 1.29 is 5.11 Å². The Morgan fingerprint density at radius 2 is 1.85 bits per heavy atom. The predicted molar refractivity (Wildman–Crippen MR) is 53.1 cm³/mol. The summed E-state index contributed by atoms with van der Waals surface area (Å²) >= 11 is 0. The lowest BCUT2D eigenvalue weighted by Gasteiger charge is -1.90. The van der Waals surface area contributed by atoms with E-state index < -0.39 is 0 Å². The summed E-state index contributed by atoms with van der Waals surface area (Å²) in [5, 5.41) is 8.99. The van der Waals surface area contributed by atoms with E-state index in [0.717, 1.165) is 12.0 Å². The number of rotatable bonds is 1. The molecular weight excluding hydrogens is 160 g/mol. The van der Waals surface area contributed by atoms with Gasteiger partial charge >= 0.3 is 0 Å². The monoisotopic (exact) mass is 170 g/mol. The average molecular weight is 170 g/mol. The van der Waals surface area contributed by atoms with Crippen LogP contribution in [-0.4, -0.2) is 5.11 Å². The third kappa shape index (κ3) is 3.36. The van der Waals surface area contributed by atoms with Crippen LogP contribution in [0, 0.1) is 24.2 Å². The van der Waals surface area contributed by atoms with Crippen molar-refractivity contribution in [3.8, 4) is 29.9 Å². The van der Waals surface area contributed by atoms with Crippen molar-refractivity contribution in [1.82, 2.24) is 0 Å². The lowest BCUT2D eigenvalue weighted by molar-refractivity contribution is 0.475. The van der Waals surface area contributed by atoms with Crippen LogP contribution in [-0.2, 0) is 0 Å². The Morgan fingerprint density at radius 1 is 1.15 bits per heavy atom. The highest BCUT2D eigenvalue weighted by Gasteiger charge is 1.86. The molecule has 0 saturated carbocycles. The van der Waals surface area contributed by atoms with Crippen LogP contribution in [0.2, 0.25) is 0 Å². The van der Waals surface area contributed by atoms with E-state index in [9.17, 15) is 0 Å². The molecule has 0 bridgehead atoms. The third-order valence-corrected chi connectivity index (χ3v) is 1.49. The van der Waals surface area contributed by atoms with Crippen LogP contribution in [0.5, 0.6) is 5.75 Å². The zero-order chi connectivity index (χ0) is 9.52. The van der Waals surface area contributed by atoms with Crippen molar-refractivity contribution in [1.29, 1.82) is 0 Å². The summed E-state index contributed by atoms with van der Waals surface area (Å²) in [6.45, 7) is 0. The molecule has 0 aliphatic rings. The van der Waals surface area contributed by atoms with Crippen molar-refractivity contribution in [3.05, 3.63) is 29.8 Å². The molecule has 1 heteroatoms. The summed E-state index contributed by atoms with van der Waals surface area (Å²) in [7, 11) is 0. The number of phenolic OH excluding ortho intramolecular Hbond substituents is 1. The van der Waals surface area contributed by atoms with Gasteiger partial charge in [0.25, 0.3) is 0 Å². The zero-order valence-electron chi connectivity index (χ0n) is 7.25. The van der Waals surface area contributed by atoms with Crippen LogP contribution in [0.1, 0.15) is 18.4 Å². The minimum Gasteiger partial charge on any atom is -0.508 e. The molecule has 0 radical (unpaired) electrons. The first-order valence-electron chi connectivity index (χ1n) is 4.04. The molecule has 0 saturated heterocycles. The molecule has 1 aromatic rings. The molecule has 64 valence electrons. The summed E-state index contributed by atoms with van der Waals surface area (Å²) in [6, 6.07) is 6.78. The number of unbranched alkanes of at least 4 members (excludes halogenated alkanes) is 1. The van der Waals surface area contributed by atoms with E-state index in [1.54, 1.807) is 24.3 Å². The summed E-state index contributed by atoms with van der Waals surface area (Å²) < 4.78 is 0. The van der Waals surface area contributed by atoms with E-state index in [1.165, 1.54) is 0 Å². The summed E-state index contributed by atoms with van der Waals surface area (Å²) in [5.74, 6) is 8.68. The van der Waals surface area contributed by atoms with Gasteiger partial charge < -0.3 is 5.11 Å². The van der Waals surface area contributed by atoms with Gasteiger partial charge in [-0.15, -0.1) is 12.3 Å². The maximum absolute atomic E-state index is 8.99. The molecule has 0 unspecified atom stereocenters. The second-order valence-electron chi connectivity index (χ2n) is 2.55. The van der Waals surface area contributed by atoms with Gasteiger partial charge in [-0.05, 0) is 24.3 Å². The van der Waals surface area contributed by atoms with E-state index in [0.29, 0.717) is 6.42 Å². The van der Waals surface area contributed by atoms with Crippen molar-refractivity contribution in [2.24, 2.45) is 0 Å². The molecule has 0 aliphatic heterocycles. The van der Waals surface area contributed by atoms with Crippen LogP contribution in [0.25, 0.3) is 0 Å². The van der Waals surface area contributed by atoms with Gasteiger partial charge in [0.15, 0.2) is 0 Å². The molecule has 0 aliphatic carbocycles. The minimum atomic E-state index is 0.258. The van der Waals surface area contributed by atoms with E-state index in [2.05, 4.69) is 17.8 Å². The van der Waals surface area contributed by atoms with Crippen molar-refractivity contribution in [2.45, 2.75) is 12.8 Å². The van der Waals surface area contributed by atoms with Crippen molar-refractivity contribution in [3.63, 3.8) is 0 Å². The maximum Gasteiger partial charge on any atom is 0.115 e. The van der Waals surface area contributed by atoms with E-state index >= 15 is 0 Å². The number of hydrogen-bond donors (Lipinski definition) is 1. The Labute approximate surface area is 78.4 Å². The first-order chi connectivity index (χ1) is 6.33. The lowest BCUT2D eigenvalue weighted by atomic mass is 10.2. The quantitative estimate of drug-likeness (QED) is 0.506. The summed E-state index contributed by atoms with van der Waals surface area (Å²) in [4.78, 5) is 0. The third-order valence-electron chi connectivity index (χ3n) is 1.49. The van der Waals surface area contributed by atoms with E-state index in [4.69, 9.17) is 11.5 Å². The molecular formula is C12H10O. The Kier molecular flexibility index (Phi) is 3.48. The topological polar surface area (TPSA) is 20.2 Å². The van der Waals surface area contributed by atoms with Gasteiger partial charge in [-0.25, -0.2) is 0 Å². The number of hydrogen-bond acceptors (Lipinski definition) is 1. The molecule has 1 rings (SSSR count). The fraction of sp³-hybridized carbons (Fsp3) is 0.167. The van der Waals surface area contributed by atoms with Gasteiger partial charge in [-0.1, -0.05) is 11.8 Å². The highest BCUT2D eigenvalue weighted by molar-refractivity contribution is 5.37. The smallest absolute Gasteiger partial charge is 0.115 e. The number of terminal acetylenes is 1. The van der Waals surface area contributed by atoms with Gasteiger partial charge in [0.2, 0.25) is 0 Å². The number of aromatic hydroxyl groups is 1. The molecule has 0 spiro atoms. The molecule has 0 amide bonds. The van der Waals surface area contributed by atoms with E-state index in [-0.39, 0.29) is 5.75 Å². The molecule has 0 heterocycles. The van der Waals surface area contributed by atoms with Crippen LogP contribution in [0.15, 0.2) is 24.3 Å². The molecule has 1 nitrogen and oxygen atoms in total. The first kappa shape index (κ1) is 9.23. The average Bonchev–Trinajstić information content (AvgIpc) is 2.15. The van der Waals surface area contributed by atoms with Crippen molar-refractivity contribution >= 4 is 0 Å². The molecule has 0 atom stereocenters. The molecule has 0 fully saturated rings. The number of phenols is 1. The summed E-state index contributed by atoms with van der Waals surface area (Å²) in [5.41, 5.74) is 0.898. The van der Waals surface area contributed by atoms with Gasteiger partial charge in [-0.3, -0.25) is 0 Å². The second-order valence-corrected chi connectivity index (χ2v) is 2.55. The molecule has 0 aromatic heterocycles. The zero-order valence-corrected chi connectivity index (χ0v) is 7.25. The predicted octanol–water partition coefficient (Wildman–Crippen LogP) is 2.16. The van der Waals surface area contributed by atoms with Crippen LogP contribution in [0.4, 0.5) is 0 Å². The Morgan fingerprint density at radius 3 is 2.46 bits per heavy atom. The normalized spacial score (nSPS) is 8.23. The van der Waals surface area contributed by atoms with Crippen molar-refractivity contribution in [2.75, 3.05) is 0 Å². The molecule has 1 N–H and O–H groups in total. The fourth-order valence-electron chi connectivity index (χ4n) is 0.844. The van der Waals surface area contributed by atoms with Crippen LogP contribution >= 0.6 is 0 Å². The van der Waals surface area contributed by atoms with Crippen LogP contribution in [0.3, 0.4) is 0 Å². The van der Waals surface area contributed by atoms with Crippen LogP contribution < -0.4 is 0 Å². The lowest BCUT2D eigenvalue weighted by Crippen LogP contribution is -1.72. The number of benzene rings is 1. The SMILES string of the molecule is C#CCCC#Cc1ccc(O)cc1. The standard InChI is InChI=1S/C12H10O/c1-2-3-4-5-6-11-7-9-12(13)10-8-11/h1,7-10,13H,3-4H2. The van der Waals surface area contributed by atoms with Gasteiger partial charge in [-0.2, -0.15) is 0 Å². The van der Waals surface area contributed by atoms with Gasteiger partial charge in [0.05, 0.1) is 0 Å². The maximum atomic E-state index is 8.99. The van der Waals surface area contributed by atoms with E-state index in [1.807, 2.05) is 0 Å². The Balaban J connectivity index is 2.58. The largest absolute Gasteiger partial charge is 0.508 e. The fourth-order valence-corrected chi connectivity index (χ4v) is 0.844. The Hall–Kier alpha value is -1.86. The molecule has 1 aromatic carbocycles. The minimum absolute atomic E-state index is 0.258.